The fourth-order valence-corrected chi connectivity index (χ4v) is 3.75. The van der Waals surface area contributed by atoms with E-state index in [1.807, 2.05) is 13.8 Å². The molecule has 8 heteroatoms. The summed E-state index contributed by atoms with van der Waals surface area (Å²) in [7, 11) is 1.78. The monoisotopic (exact) mass is 466 g/mol. The minimum absolute atomic E-state index is 0.0978. The molecule has 34 heavy (non-hydrogen) atoms. The SMILES string of the molecule is CCCC(C)N(C)C(=O)c1cc(CC)n2nc(-c3cccc(/C=C/C(=O)OCC)c3F)cc2n1. The van der Waals surface area contributed by atoms with Gasteiger partial charge in [-0.15, -0.1) is 0 Å². The van der Waals surface area contributed by atoms with Crippen LogP contribution in [-0.2, 0) is 16.0 Å². The molecule has 0 saturated heterocycles. The number of fused-ring (bicyclic) bond motifs is 1. The number of halogens is 1. The van der Waals surface area contributed by atoms with Crippen molar-refractivity contribution in [2.75, 3.05) is 13.7 Å². The van der Waals surface area contributed by atoms with Gasteiger partial charge in [-0.3, -0.25) is 4.79 Å². The number of aromatic nitrogens is 3. The highest BCUT2D eigenvalue weighted by molar-refractivity contribution is 5.93. The number of hydrogen-bond acceptors (Lipinski definition) is 5. The van der Waals surface area contributed by atoms with E-state index in [9.17, 15) is 9.59 Å². The molecule has 7 nitrogen and oxygen atoms in total. The zero-order chi connectivity index (χ0) is 24.8. The number of carbonyl (C=O) groups excluding carboxylic acids is 2. The van der Waals surface area contributed by atoms with Crippen molar-refractivity contribution in [3.63, 3.8) is 0 Å². The molecular weight excluding hydrogens is 435 g/mol. The van der Waals surface area contributed by atoms with Crippen molar-refractivity contribution in [2.45, 2.75) is 53.0 Å². The first-order valence-electron chi connectivity index (χ1n) is 11.6. The lowest BCUT2D eigenvalue weighted by Gasteiger charge is -2.24. The number of rotatable bonds is 9. The van der Waals surface area contributed by atoms with Gasteiger partial charge in [0.15, 0.2) is 5.65 Å². The Balaban J connectivity index is 2.01. The maximum Gasteiger partial charge on any atom is 0.330 e. The largest absolute Gasteiger partial charge is 0.463 e. The lowest BCUT2D eigenvalue weighted by Crippen LogP contribution is -2.35. The number of benzene rings is 1. The van der Waals surface area contributed by atoms with Crippen molar-refractivity contribution >= 4 is 23.6 Å². The Morgan fingerprint density at radius 1 is 1.24 bits per heavy atom. The van der Waals surface area contributed by atoms with Crippen LogP contribution < -0.4 is 0 Å². The summed E-state index contributed by atoms with van der Waals surface area (Å²) in [5.74, 6) is -1.20. The van der Waals surface area contributed by atoms with Crippen LogP contribution in [0.2, 0.25) is 0 Å². The summed E-state index contributed by atoms with van der Waals surface area (Å²) in [4.78, 5) is 30.9. The molecule has 2 aromatic heterocycles. The lowest BCUT2D eigenvalue weighted by molar-refractivity contribution is -0.137. The number of ether oxygens (including phenoxy) is 1. The van der Waals surface area contributed by atoms with Crippen LogP contribution in [0.5, 0.6) is 0 Å². The van der Waals surface area contributed by atoms with Crippen LogP contribution >= 0.6 is 0 Å². The van der Waals surface area contributed by atoms with Gasteiger partial charge in [0.25, 0.3) is 5.91 Å². The first kappa shape index (κ1) is 25.1. The predicted octanol–water partition coefficient (Wildman–Crippen LogP) is 4.93. The standard InChI is InChI=1S/C26H31FN4O3/c1-6-10-17(4)30(5)26(33)22-15-19(7-2)31-23(28-22)16-21(29-31)20-12-9-11-18(25(20)27)13-14-24(32)34-8-3/h9,11-17H,6-8,10H2,1-5H3/b14-13+. The van der Waals surface area contributed by atoms with Gasteiger partial charge in [-0.25, -0.2) is 18.7 Å². The van der Waals surface area contributed by atoms with E-state index in [0.29, 0.717) is 23.5 Å². The van der Waals surface area contributed by atoms with Crippen molar-refractivity contribution in [2.24, 2.45) is 0 Å². The van der Waals surface area contributed by atoms with Crippen molar-refractivity contribution < 1.29 is 18.7 Å². The Hall–Kier alpha value is -3.55. The molecule has 0 aliphatic rings. The summed E-state index contributed by atoms with van der Waals surface area (Å²) in [5, 5.41) is 4.56. The van der Waals surface area contributed by atoms with E-state index in [-0.39, 0.29) is 29.7 Å². The first-order chi connectivity index (χ1) is 16.3. The molecule has 0 fully saturated rings. The topological polar surface area (TPSA) is 76.8 Å². The second-order valence-electron chi connectivity index (χ2n) is 8.13. The first-order valence-corrected chi connectivity index (χ1v) is 11.6. The van der Waals surface area contributed by atoms with Crippen LogP contribution in [0.15, 0.2) is 36.4 Å². The van der Waals surface area contributed by atoms with Gasteiger partial charge in [0.1, 0.15) is 11.5 Å². The molecule has 1 aromatic carbocycles. The number of hydrogen-bond donors (Lipinski definition) is 0. The van der Waals surface area contributed by atoms with Gasteiger partial charge in [0.05, 0.1) is 12.3 Å². The Morgan fingerprint density at radius 3 is 2.68 bits per heavy atom. The quantitative estimate of drug-likeness (QED) is 0.330. The molecule has 0 spiro atoms. The van der Waals surface area contributed by atoms with Crippen LogP contribution in [0, 0.1) is 5.82 Å². The van der Waals surface area contributed by atoms with Crippen LogP contribution in [0.3, 0.4) is 0 Å². The molecule has 2 heterocycles. The predicted molar refractivity (Wildman–Crippen MR) is 130 cm³/mol. The molecule has 0 radical (unpaired) electrons. The van der Waals surface area contributed by atoms with Gasteiger partial charge >= 0.3 is 5.97 Å². The van der Waals surface area contributed by atoms with E-state index in [1.165, 1.54) is 12.2 Å². The van der Waals surface area contributed by atoms with Crippen molar-refractivity contribution in [3.05, 3.63) is 59.2 Å². The number of amides is 1. The van der Waals surface area contributed by atoms with Gasteiger partial charge in [0, 0.05) is 42.1 Å². The fourth-order valence-electron chi connectivity index (χ4n) is 3.75. The highest BCUT2D eigenvalue weighted by Crippen LogP contribution is 2.26. The van der Waals surface area contributed by atoms with E-state index >= 15 is 4.39 Å². The minimum Gasteiger partial charge on any atom is -0.463 e. The lowest BCUT2D eigenvalue weighted by atomic mass is 10.1. The van der Waals surface area contributed by atoms with Crippen molar-refractivity contribution in [3.8, 4) is 11.3 Å². The van der Waals surface area contributed by atoms with E-state index in [0.717, 1.165) is 18.5 Å². The molecule has 1 unspecified atom stereocenters. The molecule has 0 N–H and O–H groups in total. The maximum atomic E-state index is 15.2. The molecule has 180 valence electrons. The number of aryl methyl sites for hydroxylation is 1. The minimum atomic E-state index is -0.535. The van der Waals surface area contributed by atoms with Crippen molar-refractivity contribution in [1.29, 1.82) is 0 Å². The van der Waals surface area contributed by atoms with Gasteiger partial charge in [-0.1, -0.05) is 32.4 Å². The molecule has 3 rings (SSSR count). The van der Waals surface area contributed by atoms with E-state index in [2.05, 4.69) is 17.0 Å². The Bertz CT molecular complexity index is 1220. The summed E-state index contributed by atoms with van der Waals surface area (Å²) >= 11 is 0. The summed E-state index contributed by atoms with van der Waals surface area (Å²) < 4.78 is 21.7. The smallest absolute Gasteiger partial charge is 0.330 e. The summed E-state index contributed by atoms with van der Waals surface area (Å²) in [6.07, 6.45) is 5.09. The normalized spacial score (nSPS) is 12.3. The molecule has 1 atom stereocenters. The third-order valence-corrected chi connectivity index (χ3v) is 5.76. The summed E-state index contributed by atoms with van der Waals surface area (Å²) in [6.45, 7) is 8.02. The Morgan fingerprint density at radius 2 is 2.00 bits per heavy atom. The van der Waals surface area contributed by atoms with Crippen molar-refractivity contribution in [1.82, 2.24) is 19.5 Å². The molecule has 0 bridgehead atoms. The van der Waals surface area contributed by atoms with Crippen LogP contribution in [-0.4, -0.2) is 51.1 Å². The van der Waals surface area contributed by atoms with Crippen LogP contribution in [0.1, 0.15) is 62.3 Å². The third-order valence-electron chi connectivity index (χ3n) is 5.76. The van der Waals surface area contributed by atoms with E-state index in [4.69, 9.17) is 4.74 Å². The highest BCUT2D eigenvalue weighted by Gasteiger charge is 2.21. The van der Waals surface area contributed by atoms with Gasteiger partial charge in [-0.2, -0.15) is 5.10 Å². The average Bonchev–Trinajstić information content (AvgIpc) is 3.26. The average molecular weight is 467 g/mol. The van der Waals surface area contributed by atoms with Gasteiger partial charge in [-0.05, 0) is 44.9 Å². The third kappa shape index (κ3) is 5.32. The number of nitrogens with zero attached hydrogens (tertiary/aromatic N) is 4. The summed E-state index contributed by atoms with van der Waals surface area (Å²) in [6, 6.07) is 8.40. The molecular formula is C26H31FN4O3. The Kier molecular flexibility index (Phi) is 8.15. The second kappa shape index (κ2) is 11.0. The fraction of sp³-hybridized carbons (Fsp3) is 0.385. The second-order valence-corrected chi connectivity index (χ2v) is 8.13. The molecule has 1 amide bonds. The Labute approximate surface area is 199 Å². The maximum absolute atomic E-state index is 15.2. The van der Waals surface area contributed by atoms with Crippen LogP contribution in [0.4, 0.5) is 4.39 Å². The number of esters is 1. The molecule has 0 aliphatic carbocycles. The molecule has 0 aliphatic heterocycles. The molecule has 0 saturated carbocycles. The van der Waals surface area contributed by atoms with E-state index < -0.39 is 11.8 Å². The molecule has 3 aromatic rings. The summed E-state index contributed by atoms with van der Waals surface area (Å²) in [5.41, 5.74) is 2.53. The zero-order valence-electron chi connectivity index (χ0n) is 20.3. The van der Waals surface area contributed by atoms with Gasteiger partial charge < -0.3 is 9.64 Å². The van der Waals surface area contributed by atoms with Gasteiger partial charge in [0.2, 0.25) is 0 Å². The highest BCUT2D eigenvalue weighted by atomic mass is 19.1. The van der Waals surface area contributed by atoms with Crippen LogP contribution in [0.25, 0.3) is 23.0 Å². The zero-order valence-corrected chi connectivity index (χ0v) is 20.3. The van der Waals surface area contributed by atoms with E-state index in [1.54, 1.807) is 53.7 Å². The number of carbonyl (C=O) groups is 2.